The minimum absolute atomic E-state index is 0.112. The van der Waals surface area contributed by atoms with Crippen molar-refractivity contribution in [1.82, 2.24) is 0 Å². The average molecular weight is 412 g/mol. The van der Waals surface area contributed by atoms with E-state index in [4.69, 9.17) is 0 Å². The maximum atomic E-state index is 2.38. The van der Waals surface area contributed by atoms with Gasteiger partial charge in [0.25, 0.3) is 0 Å². The lowest BCUT2D eigenvalue weighted by atomic mass is 10.0. The van der Waals surface area contributed by atoms with Gasteiger partial charge in [-0.1, -0.05) is 88.6 Å². The minimum Gasteiger partial charge on any atom is -0.0977 e. The molecule has 29 heavy (non-hydrogen) atoms. The molecule has 4 aromatic carbocycles. The average Bonchev–Trinajstić information content (AvgIpc) is 2.75. The van der Waals surface area contributed by atoms with Crippen molar-refractivity contribution in [2.24, 2.45) is 0 Å². The van der Waals surface area contributed by atoms with E-state index >= 15 is 0 Å². The second-order valence-corrected chi connectivity index (χ2v) is 13.5. The van der Waals surface area contributed by atoms with E-state index in [9.17, 15) is 0 Å². The van der Waals surface area contributed by atoms with Gasteiger partial charge in [-0.2, -0.15) is 0 Å². The van der Waals surface area contributed by atoms with Crippen LogP contribution in [0.3, 0.4) is 0 Å². The first kappa shape index (κ1) is 18.1. The van der Waals surface area contributed by atoms with E-state index in [0.717, 1.165) is 0 Å². The van der Waals surface area contributed by atoms with Crippen LogP contribution in [0.2, 0.25) is 0 Å². The smallest absolute Gasteiger partial charge is 0.00638 e. The first-order chi connectivity index (χ1) is 14.3. The van der Waals surface area contributed by atoms with E-state index in [1.54, 1.807) is 33.0 Å². The van der Waals surface area contributed by atoms with Crippen LogP contribution in [0.25, 0.3) is 21.5 Å². The summed E-state index contributed by atoms with van der Waals surface area (Å²) >= 11 is 0. The van der Waals surface area contributed by atoms with Crippen LogP contribution in [0, 0.1) is 0 Å². The van der Waals surface area contributed by atoms with E-state index in [-0.39, 0.29) is 15.8 Å². The zero-order chi connectivity index (χ0) is 19.2. The Morgan fingerprint density at radius 3 is 1.17 bits per heavy atom. The Kier molecular flexibility index (Phi) is 4.67. The number of benzene rings is 4. The second kappa shape index (κ2) is 7.50. The Balaban J connectivity index is 1.13. The summed E-state index contributed by atoms with van der Waals surface area (Å²) in [5.41, 5.74) is 6.44. The highest BCUT2D eigenvalue weighted by atomic mass is 31.1. The summed E-state index contributed by atoms with van der Waals surface area (Å²) in [7, 11) is 0.225. The topological polar surface area (TPSA) is 0 Å². The van der Waals surface area contributed by atoms with Crippen molar-refractivity contribution in [2.45, 2.75) is 31.1 Å². The van der Waals surface area contributed by atoms with Gasteiger partial charge in [0.05, 0.1) is 0 Å². The fourth-order valence-electron chi connectivity index (χ4n) is 5.44. The van der Waals surface area contributed by atoms with Crippen LogP contribution in [0.15, 0.2) is 72.8 Å². The third-order valence-corrected chi connectivity index (χ3v) is 11.7. The lowest BCUT2D eigenvalue weighted by Gasteiger charge is -2.28. The highest BCUT2D eigenvalue weighted by Crippen LogP contribution is 2.53. The Hall–Kier alpha value is -1.74. The van der Waals surface area contributed by atoms with Crippen LogP contribution in [-0.2, 0) is 24.6 Å². The highest BCUT2D eigenvalue weighted by molar-refractivity contribution is 7.57. The summed E-state index contributed by atoms with van der Waals surface area (Å²) in [6, 6.07) is 27.6. The molecule has 0 radical (unpaired) electrons. The Morgan fingerprint density at radius 2 is 0.828 bits per heavy atom. The molecule has 0 saturated heterocycles. The Bertz CT molecular complexity index is 1030. The van der Waals surface area contributed by atoms with Crippen molar-refractivity contribution in [3.8, 4) is 0 Å². The molecule has 0 saturated carbocycles. The SMILES string of the molecule is c1cc2c3c(cccc3c1)CP(CCCP1Cc3cccc4cccc(c34)C1)C2. The highest BCUT2D eigenvalue weighted by Gasteiger charge is 2.22. The van der Waals surface area contributed by atoms with Gasteiger partial charge in [0, 0.05) is 0 Å². The zero-order valence-electron chi connectivity index (χ0n) is 16.8. The third kappa shape index (κ3) is 3.32. The molecule has 0 unspecified atom stereocenters. The van der Waals surface area contributed by atoms with Gasteiger partial charge >= 0.3 is 0 Å². The first-order valence-corrected chi connectivity index (χ1v) is 14.6. The predicted molar refractivity (Wildman–Crippen MR) is 131 cm³/mol. The molecule has 0 amide bonds. The molecule has 144 valence electrons. The van der Waals surface area contributed by atoms with Gasteiger partial charge in [0.1, 0.15) is 0 Å². The van der Waals surface area contributed by atoms with Crippen molar-refractivity contribution < 1.29 is 0 Å². The molecule has 0 spiro atoms. The molecule has 2 aliphatic heterocycles. The van der Waals surface area contributed by atoms with E-state index in [1.165, 1.54) is 54.2 Å². The lowest BCUT2D eigenvalue weighted by molar-refractivity contribution is 1.07. The normalized spacial score (nSPS) is 16.6. The number of hydrogen-bond acceptors (Lipinski definition) is 0. The van der Waals surface area contributed by atoms with Gasteiger partial charge in [0.2, 0.25) is 0 Å². The van der Waals surface area contributed by atoms with E-state index in [0.29, 0.717) is 0 Å². The minimum atomic E-state index is 0.112. The van der Waals surface area contributed by atoms with E-state index in [2.05, 4.69) is 72.8 Å². The quantitative estimate of drug-likeness (QED) is 0.297. The van der Waals surface area contributed by atoms with E-state index in [1.807, 2.05) is 0 Å². The molecule has 0 atom stereocenters. The standard InChI is InChI=1S/C27H26P2/c1-6-20-7-2-11-23-17-28(16-22(10-1)26(20)23)14-5-15-29-18-24-12-3-8-21-9-4-13-25(19-29)27(21)24/h1-4,6-13H,5,14-19H2. The Labute approximate surface area is 175 Å². The molecule has 0 aromatic heterocycles. The van der Waals surface area contributed by atoms with Gasteiger partial charge in [-0.25, -0.2) is 0 Å². The Morgan fingerprint density at radius 1 is 0.483 bits per heavy atom. The molecule has 0 N–H and O–H groups in total. The van der Waals surface area contributed by atoms with Crippen LogP contribution in [-0.4, -0.2) is 12.3 Å². The van der Waals surface area contributed by atoms with Gasteiger partial charge in [-0.05, 0) is 87.2 Å². The fourth-order valence-corrected chi connectivity index (χ4v) is 10.7. The molecule has 0 aliphatic carbocycles. The van der Waals surface area contributed by atoms with Crippen molar-refractivity contribution in [2.75, 3.05) is 12.3 Å². The van der Waals surface area contributed by atoms with Crippen molar-refractivity contribution in [1.29, 1.82) is 0 Å². The van der Waals surface area contributed by atoms with Crippen LogP contribution >= 0.6 is 15.8 Å². The molecular formula is C27H26P2. The summed E-state index contributed by atoms with van der Waals surface area (Å²) in [6.07, 6.45) is 9.67. The maximum Gasteiger partial charge on any atom is -0.00638 e. The first-order valence-electron chi connectivity index (χ1n) is 10.8. The molecule has 2 aliphatic rings. The maximum absolute atomic E-state index is 2.38. The second-order valence-electron chi connectivity index (χ2n) is 8.64. The summed E-state index contributed by atoms with van der Waals surface area (Å²) < 4.78 is 0. The van der Waals surface area contributed by atoms with Gasteiger partial charge in [0.15, 0.2) is 0 Å². The number of hydrogen-bond donors (Lipinski definition) is 0. The predicted octanol–water partition coefficient (Wildman–Crippen LogP) is 8.07. The van der Waals surface area contributed by atoms with Crippen molar-refractivity contribution in [3.05, 3.63) is 95.1 Å². The molecule has 4 aromatic rings. The summed E-state index contributed by atoms with van der Waals surface area (Å²) in [5, 5.41) is 6.01. The van der Waals surface area contributed by atoms with Crippen molar-refractivity contribution >= 4 is 37.4 Å². The van der Waals surface area contributed by atoms with Gasteiger partial charge < -0.3 is 0 Å². The summed E-state index contributed by atoms with van der Waals surface area (Å²) in [4.78, 5) is 0. The zero-order valence-corrected chi connectivity index (χ0v) is 18.6. The van der Waals surface area contributed by atoms with Gasteiger partial charge in [-0.3, -0.25) is 0 Å². The molecule has 0 nitrogen and oxygen atoms in total. The molecule has 6 rings (SSSR count). The van der Waals surface area contributed by atoms with Crippen LogP contribution in [0.1, 0.15) is 28.7 Å². The fraction of sp³-hybridized carbons (Fsp3) is 0.259. The van der Waals surface area contributed by atoms with Crippen molar-refractivity contribution in [3.63, 3.8) is 0 Å². The van der Waals surface area contributed by atoms with Crippen LogP contribution in [0.4, 0.5) is 0 Å². The third-order valence-electron chi connectivity index (χ3n) is 6.68. The van der Waals surface area contributed by atoms with E-state index < -0.39 is 0 Å². The molecule has 0 bridgehead atoms. The largest absolute Gasteiger partial charge is 0.0977 e. The molecule has 2 heterocycles. The van der Waals surface area contributed by atoms with Crippen LogP contribution < -0.4 is 0 Å². The monoisotopic (exact) mass is 412 g/mol. The summed E-state index contributed by atoms with van der Waals surface area (Å²) in [5.74, 6) is 0. The lowest BCUT2D eigenvalue weighted by Crippen LogP contribution is -2.05. The molecule has 2 heteroatoms. The number of rotatable bonds is 4. The molecular weight excluding hydrogens is 386 g/mol. The van der Waals surface area contributed by atoms with Gasteiger partial charge in [-0.15, -0.1) is 0 Å². The summed E-state index contributed by atoms with van der Waals surface area (Å²) in [6.45, 7) is 0. The van der Waals surface area contributed by atoms with Crippen LogP contribution in [0.5, 0.6) is 0 Å². The molecule has 0 fully saturated rings.